The molecule has 0 aliphatic rings. The van der Waals surface area contributed by atoms with Crippen molar-refractivity contribution in [3.8, 4) is 22.8 Å². The van der Waals surface area contributed by atoms with Crippen molar-refractivity contribution in [3.63, 3.8) is 0 Å². The van der Waals surface area contributed by atoms with Crippen molar-refractivity contribution in [2.24, 2.45) is 0 Å². The van der Waals surface area contributed by atoms with E-state index in [9.17, 15) is 9.59 Å². The van der Waals surface area contributed by atoms with Gasteiger partial charge in [0.2, 0.25) is 5.91 Å². The van der Waals surface area contributed by atoms with Crippen molar-refractivity contribution in [2.45, 2.75) is 31.6 Å². The normalized spacial score (nSPS) is 11.5. The van der Waals surface area contributed by atoms with Crippen LogP contribution in [-0.2, 0) is 16.1 Å². The second-order valence-electron chi connectivity index (χ2n) is 11.2. The third kappa shape index (κ3) is 8.50. The summed E-state index contributed by atoms with van der Waals surface area (Å²) in [7, 11) is 6.99. The lowest BCUT2D eigenvalue weighted by atomic mass is 10.0. The molecular formula is C36H38N6O4S2. The smallest absolute Gasteiger partial charge is 0.251 e. The molecule has 1 atom stereocenters. The molecular weight excluding hydrogens is 645 g/mol. The number of thioether (sulfide) groups is 1. The summed E-state index contributed by atoms with van der Waals surface area (Å²) < 4.78 is 11.1. The lowest BCUT2D eigenvalue weighted by Gasteiger charge is -2.31. The Hall–Kier alpha value is -4.94. The molecule has 0 fully saturated rings. The molecule has 0 unspecified atom stereocenters. The molecule has 2 heterocycles. The number of rotatable bonds is 13. The number of nitrogens with zero attached hydrogens (tertiary/aromatic N) is 5. The third-order valence-electron chi connectivity index (χ3n) is 7.47. The van der Waals surface area contributed by atoms with Crippen LogP contribution in [-0.4, -0.2) is 65.7 Å². The fourth-order valence-corrected chi connectivity index (χ4v) is 6.75. The molecule has 2 aromatic heterocycles. The third-order valence-corrected chi connectivity index (χ3v) is 9.13. The molecule has 0 aliphatic heterocycles. The zero-order valence-corrected chi connectivity index (χ0v) is 29.4. The number of methoxy groups -OCH3 is 2. The molecule has 2 amide bonds. The summed E-state index contributed by atoms with van der Waals surface area (Å²) >= 11 is 2.67. The lowest BCUT2D eigenvalue weighted by Crippen LogP contribution is -2.41. The Labute approximate surface area is 289 Å². The largest absolute Gasteiger partial charge is 0.493 e. The maximum Gasteiger partial charge on any atom is 0.251 e. The minimum absolute atomic E-state index is 0.00835. The zero-order chi connectivity index (χ0) is 34.2. The molecule has 5 rings (SSSR count). The van der Waals surface area contributed by atoms with E-state index < -0.39 is 6.04 Å². The molecule has 0 bridgehead atoms. The van der Waals surface area contributed by atoms with Crippen LogP contribution in [0, 0.1) is 13.8 Å². The van der Waals surface area contributed by atoms with Gasteiger partial charge in [0.05, 0.1) is 32.2 Å². The predicted octanol–water partition coefficient (Wildman–Crippen LogP) is 6.80. The summed E-state index contributed by atoms with van der Waals surface area (Å²) in [5, 5.41) is 6.18. The summed E-state index contributed by atoms with van der Waals surface area (Å²) in [5.41, 5.74) is 5.54. The van der Waals surface area contributed by atoms with E-state index >= 15 is 0 Å². The molecule has 12 heteroatoms. The first-order chi connectivity index (χ1) is 23.1. The number of hydrogen-bond acceptors (Lipinski definition) is 10. The van der Waals surface area contributed by atoms with Gasteiger partial charge in [-0.2, -0.15) is 0 Å². The van der Waals surface area contributed by atoms with Gasteiger partial charge in [-0.15, -0.1) is 11.3 Å². The van der Waals surface area contributed by atoms with Crippen LogP contribution in [0.5, 0.6) is 11.5 Å². The standard InChI is InChI=1S/C36H38N6O4S2/c1-23-18-24(2)38-36(37-23)48-22-33(43)42(20-32-40-29(21-47-32)25-10-8-7-9-11-25)34(26-12-17-30(45-5)31(19-26)46-6)35(44)39-27-13-15-28(16-14-27)41(3)4/h7-19,21,34H,20,22H2,1-6H3,(H,39,44)/t34-/m0/s1. The first kappa shape index (κ1) is 34.4. The highest BCUT2D eigenvalue weighted by molar-refractivity contribution is 7.99. The number of aromatic nitrogens is 3. The Balaban J connectivity index is 1.55. The second-order valence-corrected chi connectivity index (χ2v) is 13.1. The van der Waals surface area contributed by atoms with Crippen LogP contribution < -0.4 is 19.7 Å². The van der Waals surface area contributed by atoms with E-state index in [1.165, 1.54) is 30.2 Å². The summed E-state index contributed by atoms with van der Waals surface area (Å²) in [4.78, 5) is 46.1. The number of ether oxygens (including phenoxy) is 2. The second kappa shape index (κ2) is 15.8. The molecule has 0 radical (unpaired) electrons. The fourth-order valence-electron chi connectivity index (χ4n) is 5.11. The van der Waals surface area contributed by atoms with Crippen molar-refractivity contribution in [2.75, 3.05) is 44.3 Å². The van der Waals surface area contributed by atoms with Gasteiger partial charge in [0.1, 0.15) is 11.0 Å². The van der Waals surface area contributed by atoms with Crippen LogP contribution >= 0.6 is 23.1 Å². The number of thiazole rings is 1. The van der Waals surface area contributed by atoms with E-state index in [1.54, 1.807) is 30.2 Å². The number of amides is 2. The van der Waals surface area contributed by atoms with Crippen molar-refractivity contribution in [1.29, 1.82) is 0 Å². The summed E-state index contributed by atoms with van der Waals surface area (Å²) in [5.74, 6) is 0.286. The Morgan fingerprint density at radius 3 is 2.21 bits per heavy atom. The average molecular weight is 683 g/mol. The monoisotopic (exact) mass is 682 g/mol. The average Bonchev–Trinajstić information content (AvgIpc) is 3.55. The van der Waals surface area contributed by atoms with Crippen LogP contribution in [0.1, 0.15) is 28.0 Å². The van der Waals surface area contributed by atoms with Crippen LogP contribution in [0.15, 0.2) is 89.4 Å². The van der Waals surface area contributed by atoms with E-state index in [4.69, 9.17) is 14.5 Å². The van der Waals surface area contributed by atoms with Crippen molar-refractivity contribution in [3.05, 3.63) is 106 Å². The van der Waals surface area contributed by atoms with Crippen LogP contribution in [0.2, 0.25) is 0 Å². The molecule has 5 aromatic rings. The number of benzene rings is 3. The minimum atomic E-state index is -1.05. The molecule has 0 saturated carbocycles. The first-order valence-corrected chi connectivity index (χ1v) is 17.1. The highest BCUT2D eigenvalue weighted by Gasteiger charge is 2.33. The lowest BCUT2D eigenvalue weighted by molar-refractivity contribution is -0.137. The summed E-state index contributed by atoms with van der Waals surface area (Å²) in [6, 6.07) is 23.4. The van der Waals surface area contributed by atoms with E-state index in [0.29, 0.717) is 32.9 Å². The number of nitrogens with one attached hydrogen (secondary N) is 1. The molecule has 10 nitrogen and oxygen atoms in total. The van der Waals surface area contributed by atoms with Gasteiger partial charge in [-0.1, -0.05) is 48.2 Å². The first-order valence-electron chi connectivity index (χ1n) is 15.2. The number of hydrogen-bond donors (Lipinski definition) is 1. The van der Waals surface area contributed by atoms with Gasteiger partial charge in [-0.25, -0.2) is 15.0 Å². The molecule has 3 aromatic carbocycles. The molecule has 48 heavy (non-hydrogen) atoms. The van der Waals surface area contributed by atoms with E-state index in [2.05, 4.69) is 15.3 Å². The van der Waals surface area contributed by atoms with E-state index in [1.807, 2.05) is 98.9 Å². The molecule has 248 valence electrons. The highest BCUT2D eigenvalue weighted by atomic mass is 32.2. The van der Waals surface area contributed by atoms with Crippen molar-refractivity contribution in [1.82, 2.24) is 19.9 Å². The molecule has 1 N–H and O–H groups in total. The van der Waals surface area contributed by atoms with Gasteiger partial charge in [-0.05, 0) is 61.9 Å². The number of aryl methyl sites for hydroxylation is 2. The van der Waals surface area contributed by atoms with E-state index in [-0.39, 0.29) is 24.1 Å². The number of carbonyl (C=O) groups excluding carboxylic acids is 2. The van der Waals surface area contributed by atoms with Gasteiger partial charge in [0.25, 0.3) is 5.91 Å². The fraction of sp³-hybridized carbons (Fsp3) is 0.250. The molecule has 0 spiro atoms. The number of anilines is 2. The molecule has 0 saturated heterocycles. The van der Waals surface area contributed by atoms with Gasteiger partial charge < -0.3 is 24.6 Å². The Morgan fingerprint density at radius 2 is 1.56 bits per heavy atom. The number of carbonyl (C=O) groups is 2. The van der Waals surface area contributed by atoms with Crippen molar-refractivity contribution >= 4 is 46.3 Å². The van der Waals surface area contributed by atoms with Crippen LogP contribution in [0.4, 0.5) is 11.4 Å². The SMILES string of the molecule is COc1ccc([C@@H](C(=O)Nc2ccc(N(C)C)cc2)N(Cc2nc(-c3ccccc3)cs2)C(=O)CSc2nc(C)cc(C)n2)cc1OC. The van der Waals surface area contributed by atoms with Gasteiger partial charge >= 0.3 is 0 Å². The van der Waals surface area contributed by atoms with Crippen LogP contribution in [0.25, 0.3) is 11.3 Å². The van der Waals surface area contributed by atoms with Crippen LogP contribution in [0.3, 0.4) is 0 Å². The highest BCUT2D eigenvalue weighted by Crippen LogP contribution is 2.35. The predicted molar refractivity (Wildman–Crippen MR) is 192 cm³/mol. The minimum Gasteiger partial charge on any atom is -0.493 e. The topological polar surface area (TPSA) is 110 Å². The Kier molecular flexibility index (Phi) is 11.3. The zero-order valence-electron chi connectivity index (χ0n) is 27.8. The van der Waals surface area contributed by atoms with Gasteiger partial charge in [-0.3, -0.25) is 9.59 Å². The maximum absolute atomic E-state index is 14.4. The maximum atomic E-state index is 14.4. The van der Waals surface area contributed by atoms with E-state index in [0.717, 1.165) is 28.3 Å². The quantitative estimate of drug-likeness (QED) is 0.106. The van der Waals surface area contributed by atoms with Crippen molar-refractivity contribution < 1.29 is 19.1 Å². The summed E-state index contributed by atoms with van der Waals surface area (Å²) in [6.45, 7) is 3.88. The Bertz CT molecular complexity index is 1840. The van der Waals surface area contributed by atoms with Gasteiger partial charge in [0, 0.05) is 47.8 Å². The summed E-state index contributed by atoms with van der Waals surface area (Å²) in [6.07, 6.45) is 0. The Morgan fingerprint density at radius 1 is 0.875 bits per heavy atom. The van der Waals surface area contributed by atoms with Gasteiger partial charge in [0.15, 0.2) is 16.7 Å². The molecule has 0 aliphatic carbocycles.